The molecule has 0 saturated heterocycles. The van der Waals surface area contributed by atoms with Crippen molar-refractivity contribution in [3.8, 4) is 0 Å². The van der Waals surface area contributed by atoms with Crippen molar-refractivity contribution in [2.75, 3.05) is 18.6 Å². The molecule has 1 saturated carbocycles. The van der Waals surface area contributed by atoms with E-state index in [9.17, 15) is 8.42 Å². The number of hydrogen-bond acceptors (Lipinski definition) is 5. The van der Waals surface area contributed by atoms with Crippen LogP contribution in [0.25, 0.3) is 0 Å². The maximum absolute atomic E-state index is 12.4. The van der Waals surface area contributed by atoms with Crippen LogP contribution in [0.15, 0.2) is 23.4 Å². The van der Waals surface area contributed by atoms with E-state index in [0.29, 0.717) is 10.9 Å². The Labute approximate surface area is 125 Å². The quantitative estimate of drug-likeness (QED) is 0.870. The van der Waals surface area contributed by atoms with Crippen molar-refractivity contribution < 1.29 is 8.42 Å². The topological polar surface area (TPSA) is 71.1 Å². The molecule has 1 heterocycles. The van der Waals surface area contributed by atoms with E-state index >= 15 is 0 Å². The minimum Gasteiger partial charge on any atom is -0.387 e. The van der Waals surface area contributed by atoms with E-state index in [0.717, 1.165) is 25.7 Å². The third-order valence-electron chi connectivity index (χ3n) is 3.67. The first kappa shape index (κ1) is 15.6. The van der Waals surface area contributed by atoms with Gasteiger partial charge in [0.1, 0.15) is 4.90 Å². The predicted molar refractivity (Wildman–Crippen MR) is 83.7 cm³/mol. The third kappa shape index (κ3) is 3.65. The summed E-state index contributed by atoms with van der Waals surface area (Å²) in [5.74, 6) is 0. The lowest BCUT2D eigenvalue weighted by Gasteiger charge is -2.28. The van der Waals surface area contributed by atoms with Crippen LogP contribution in [0.5, 0.6) is 0 Å². The van der Waals surface area contributed by atoms with Crippen molar-refractivity contribution in [1.82, 2.24) is 9.71 Å². The molecule has 0 amide bonds. The Hall–Kier alpha value is -0.790. The van der Waals surface area contributed by atoms with Crippen LogP contribution in [0.3, 0.4) is 0 Å². The molecule has 0 unspecified atom stereocenters. The fraction of sp³-hybridized carbons (Fsp3) is 0.615. The highest BCUT2D eigenvalue weighted by molar-refractivity contribution is 7.99. The number of anilines is 1. The monoisotopic (exact) mass is 315 g/mol. The number of thioether (sulfide) groups is 1. The Morgan fingerprint density at radius 2 is 2.00 bits per heavy atom. The van der Waals surface area contributed by atoms with Crippen LogP contribution in [-0.2, 0) is 10.0 Å². The van der Waals surface area contributed by atoms with Crippen molar-refractivity contribution in [3.05, 3.63) is 18.5 Å². The van der Waals surface area contributed by atoms with Crippen LogP contribution in [0.4, 0.5) is 5.69 Å². The molecule has 0 bridgehead atoms. The second kappa shape index (κ2) is 6.78. The summed E-state index contributed by atoms with van der Waals surface area (Å²) in [5.41, 5.74) is 0.574. The van der Waals surface area contributed by atoms with Crippen LogP contribution in [0.2, 0.25) is 0 Å². The van der Waals surface area contributed by atoms with Crippen molar-refractivity contribution in [3.63, 3.8) is 0 Å². The van der Waals surface area contributed by atoms with Crippen molar-refractivity contribution >= 4 is 27.5 Å². The van der Waals surface area contributed by atoms with Crippen LogP contribution in [0, 0.1) is 0 Å². The average molecular weight is 315 g/mol. The molecule has 7 heteroatoms. The number of nitrogens with one attached hydrogen (secondary N) is 2. The largest absolute Gasteiger partial charge is 0.387 e. The number of hydrogen-bond donors (Lipinski definition) is 2. The van der Waals surface area contributed by atoms with E-state index in [2.05, 4.69) is 21.3 Å². The van der Waals surface area contributed by atoms with Gasteiger partial charge in [0.15, 0.2) is 0 Å². The van der Waals surface area contributed by atoms with E-state index in [1.54, 1.807) is 19.3 Å². The fourth-order valence-corrected chi connectivity index (χ4v) is 4.70. The minimum atomic E-state index is -3.51. The first-order valence-corrected chi connectivity index (χ1v) is 9.51. The molecule has 2 N–H and O–H groups in total. The molecule has 2 rings (SSSR count). The highest BCUT2D eigenvalue weighted by Gasteiger charge is 2.26. The van der Waals surface area contributed by atoms with Crippen molar-refractivity contribution in [1.29, 1.82) is 0 Å². The Kier molecular flexibility index (Phi) is 5.29. The molecular weight excluding hydrogens is 294 g/mol. The van der Waals surface area contributed by atoms with Gasteiger partial charge in [-0.2, -0.15) is 11.8 Å². The lowest BCUT2D eigenvalue weighted by molar-refractivity contribution is 0.420. The van der Waals surface area contributed by atoms with Gasteiger partial charge in [0.05, 0.1) is 5.69 Å². The Morgan fingerprint density at radius 3 is 2.60 bits per heavy atom. The Morgan fingerprint density at radius 1 is 1.30 bits per heavy atom. The number of sulfonamides is 1. The number of nitrogens with zero attached hydrogens (tertiary/aromatic N) is 1. The molecule has 1 aliphatic carbocycles. The van der Waals surface area contributed by atoms with Gasteiger partial charge in [-0.05, 0) is 38.0 Å². The molecule has 1 aromatic rings. The molecule has 1 fully saturated rings. The van der Waals surface area contributed by atoms with Gasteiger partial charge in [-0.1, -0.05) is 0 Å². The SMILES string of the molecule is CNc1ccncc1S(=O)(=O)NC1CCC(SC)CC1. The van der Waals surface area contributed by atoms with E-state index in [4.69, 9.17) is 0 Å². The highest BCUT2D eigenvalue weighted by Crippen LogP contribution is 2.28. The summed E-state index contributed by atoms with van der Waals surface area (Å²) in [4.78, 5) is 4.13. The molecule has 0 spiro atoms. The van der Waals surface area contributed by atoms with Crippen molar-refractivity contribution in [2.24, 2.45) is 0 Å². The molecular formula is C13H21N3O2S2. The highest BCUT2D eigenvalue weighted by atomic mass is 32.2. The fourth-order valence-electron chi connectivity index (χ4n) is 2.50. The van der Waals surface area contributed by atoms with Gasteiger partial charge in [-0.25, -0.2) is 13.1 Å². The lowest BCUT2D eigenvalue weighted by atomic mass is 9.96. The van der Waals surface area contributed by atoms with Gasteiger partial charge in [0.2, 0.25) is 10.0 Å². The smallest absolute Gasteiger partial charge is 0.244 e. The second-order valence-corrected chi connectivity index (χ2v) is 7.77. The van der Waals surface area contributed by atoms with Gasteiger partial charge >= 0.3 is 0 Å². The lowest BCUT2D eigenvalue weighted by Crippen LogP contribution is -2.38. The summed E-state index contributed by atoms with van der Waals surface area (Å²) >= 11 is 1.87. The number of aromatic nitrogens is 1. The van der Waals surface area contributed by atoms with E-state index in [-0.39, 0.29) is 10.9 Å². The van der Waals surface area contributed by atoms with Crippen molar-refractivity contribution in [2.45, 2.75) is 41.9 Å². The first-order chi connectivity index (χ1) is 9.56. The maximum Gasteiger partial charge on any atom is 0.244 e. The van der Waals surface area contributed by atoms with Gasteiger partial charge in [-0.3, -0.25) is 4.98 Å². The van der Waals surface area contributed by atoms with E-state index in [1.165, 1.54) is 6.20 Å². The number of pyridine rings is 1. The molecule has 5 nitrogen and oxygen atoms in total. The van der Waals surface area contributed by atoms with Crippen LogP contribution < -0.4 is 10.0 Å². The Balaban J connectivity index is 2.08. The van der Waals surface area contributed by atoms with Gasteiger partial charge in [0, 0.05) is 30.7 Å². The van der Waals surface area contributed by atoms with E-state index in [1.807, 2.05) is 11.8 Å². The summed E-state index contributed by atoms with van der Waals surface area (Å²) in [6, 6.07) is 1.70. The zero-order valence-corrected chi connectivity index (χ0v) is 13.4. The number of rotatable bonds is 5. The molecule has 0 atom stereocenters. The van der Waals surface area contributed by atoms with Gasteiger partial charge in [-0.15, -0.1) is 0 Å². The molecule has 1 aliphatic rings. The molecule has 0 aliphatic heterocycles. The maximum atomic E-state index is 12.4. The summed E-state index contributed by atoms with van der Waals surface area (Å²) in [7, 11) is -1.80. The summed E-state index contributed by atoms with van der Waals surface area (Å²) in [5, 5.41) is 3.56. The Bertz CT molecular complexity index is 540. The van der Waals surface area contributed by atoms with Gasteiger partial charge < -0.3 is 5.32 Å². The molecule has 1 aromatic heterocycles. The third-order valence-corrected chi connectivity index (χ3v) is 6.36. The zero-order chi connectivity index (χ0) is 14.6. The normalized spacial score (nSPS) is 23.5. The molecule has 0 aromatic carbocycles. The van der Waals surface area contributed by atoms with Crippen LogP contribution in [-0.4, -0.2) is 38.0 Å². The second-order valence-electron chi connectivity index (χ2n) is 4.95. The molecule has 0 radical (unpaired) electrons. The summed E-state index contributed by atoms with van der Waals surface area (Å²) in [6.07, 6.45) is 9.03. The molecule has 20 heavy (non-hydrogen) atoms. The summed E-state index contributed by atoms with van der Waals surface area (Å²) < 4.78 is 27.7. The summed E-state index contributed by atoms with van der Waals surface area (Å²) in [6.45, 7) is 0. The standard InChI is InChI=1S/C13H21N3O2S2/c1-14-12-7-8-15-9-13(12)20(17,18)16-10-3-5-11(19-2)6-4-10/h7-11,16H,3-6H2,1-2H3,(H,14,15). The first-order valence-electron chi connectivity index (χ1n) is 6.73. The molecule has 112 valence electrons. The zero-order valence-electron chi connectivity index (χ0n) is 11.8. The van der Waals surface area contributed by atoms with Gasteiger partial charge in [0.25, 0.3) is 0 Å². The predicted octanol–water partition coefficient (Wildman–Crippen LogP) is 2.08. The van der Waals surface area contributed by atoms with E-state index < -0.39 is 10.0 Å². The average Bonchev–Trinajstić information content (AvgIpc) is 2.47. The van der Waals surface area contributed by atoms with Crippen LogP contribution >= 0.6 is 11.8 Å². The van der Waals surface area contributed by atoms with Crippen LogP contribution in [0.1, 0.15) is 25.7 Å². The minimum absolute atomic E-state index is 0.0355.